The highest BCUT2D eigenvalue weighted by Gasteiger charge is 2.15. The number of hydrogen-bond acceptors (Lipinski definition) is 2. The Morgan fingerprint density at radius 3 is 2.16 bits per heavy atom. The molecule has 0 radical (unpaired) electrons. The lowest BCUT2D eigenvalue weighted by Gasteiger charge is -2.19. The van der Waals surface area contributed by atoms with E-state index in [1.165, 1.54) is 5.56 Å². The summed E-state index contributed by atoms with van der Waals surface area (Å²) in [4.78, 5) is 4.63. The highest BCUT2D eigenvalue weighted by atomic mass is 15.1. The summed E-state index contributed by atoms with van der Waals surface area (Å²) in [5.41, 5.74) is 10.6. The first kappa shape index (κ1) is 13.8. The van der Waals surface area contributed by atoms with Crippen molar-refractivity contribution in [1.82, 2.24) is 9.55 Å². The summed E-state index contributed by atoms with van der Waals surface area (Å²) < 4.78 is 2.06. The molecule has 3 nitrogen and oxygen atoms in total. The summed E-state index contributed by atoms with van der Waals surface area (Å²) in [6, 6.07) is 8.67. The monoisotopic (exact) mass is 257 g/mol. The molecule has 0 aliphatic carbocycles. The van der Waals surface area contributed by atoms with Crippen LogP contribution in [0.15, 0.2) is 24.3 Å². The van der Waals surface area contributed by atoms with E-state index in [2.05, 4.69) is 61.5 Å². The van der Waals surface area contributed by atoms with Crippen LogP contribution in [0.3, 0.4) is 0 Å². The van der Waals surface area contributed by atoms with Crippen LogP contribution in [0.5, 0.6) is 0 Å². The number of nitrogens with zero attached hydrogens (tertiary/aromatic N) is 2. The fourth-order valence-corrected chi connectivity index (χ4v) is 2.22. The Bertz CT molecular complexity index is 571. The third kappa shape index (κ3) is 2.56. The average Bonchev–Trinajstić information content (AvgIpc) is 2.65. The number of aromatic nitrogens is 2. The second-order valence-corrected chi connectivity index (χ2v) is 6.05. The number of rotatable bonds is 2. The van der Waals surface area contributed by atoms with Crippen molar-refractivity contribution in [2.24, 2.45) is 12.8 Å². The molecule has 0 amide bonds. The van der Waals surface area contributed by atoms with Gasteiger partial charge in [0, 0.05) is 18.3 Å². The van der Waals surface area contributed by atoms with E-state index < -0.39 is 0 Å². The van der Waals surface area contributed by atoms with Crippen LogP contribution in [0.4, 0.5) is 0 Å². The van der Waals surface area contributed by atoms with Gasteiger partial charge in [-0.2, -0.15) is 0 Å². The average molecular weight is 257 g/mol. The highest BCUT2D eigenvalue weighted by Crippen LogP contribution is 2.27. The van der Waals surface area contributed by atoms with Crippen LogP contribution in [0.2, 0.25) is 0 Å². The molecule has 1 aromatic carbocycles. The number of imidazole rings is 1. The van der Waals surface area contributed by atoms with Crippen LogP contribution in [-0.2, 0) is 19.0 Å². The smallest absolute Gasteiger partial charge is 0.123 e. The maximum atomic E-state index is 5.71. The van der Waals surface area contributed by atoms with E-state index in [9.17, 15) is 0 Å². The fraction of sp³-hybridized carbons (Fsp3) is 0.438. The van der Waals surface area contributed by atoms with Crippen molar-refractivity contribution in [3.8, 4) is 11.3 Å². The number of nitrogens with two attached hydrogens (primary N) is 1. The summed E-state index contributed by atoms with van der Waals surface area (Å²) in [5, 5.41) is 0. The Hall–Kier alpha value is -1.61. The first-order chi connectivity index (χ1) is 8.84. The third-order valence-electron chi connectivity index (χ3n) is 3.68. The molecule has 0 spiro atoms. The maximum absolute atomic E-state index is 5.71. The minimum absolute atomic E-state index is 0.181. The quantitative estimate of drug-likeness (QED) is 0.898. The molecule has 0 aliphatic heterocycles. The number of hydrogen-bond donors (Lipinski definition) is 1. The molecule has 2 aromatic rings. The van der Waals surface area contributed by atoms with Gasteiger partial charge in [-0.15, -0.1) is 0 Å². The largest absolute Gasteiger partial charge is 0.334 e. The molecule has 2 rings (SSSR count). The van der Waals surface area contributed by atoms with Crippen molar-refractivity contribution >= 4 is 0 Å². The molecule has 0 atom stereocenters. The molecule has 0 saturated heterocycles. The van der Waals surface area contributed by atoms with Gasteiger partial charge in [0.1, 0.15) is 5.82 Å². The van der Waals surface area contributed by atoms with Gasteiger partial charge >= 0.3 is 0 Å². The van der Waals surface area contributed by atoms with Crippen LogP contribution in [0.1, 0.15) is 37.9 Å². The van der Waals surface area contributed by atoms with Crippen molar-refractivity contribution in [3.05, 3.63) is 41.3 Å². The summed E-state index contributed by atoms with van der Waals surface area (Å²) >= 11 is 0. The van der Waals surface area contributed by atoms with Crippen molar-refractivity contribution in [3.63, 3.8) is 0 Å². The molecule has 3 heteroatoms. The predicted octanol–water partition coefficient (Wildman–Crippen LogP) is 3.15. The SMILES string of the molecule is Cc1c(-c2ccc(C(C)(C)C)cc2)nc(CN)n1C. The predicted molar refractivity (Wildman–Crippen MR) is 80.0 cm³/mol. The van der Waals surface area contributed by atoms with E-state index in [1.807, 2.05) is 7.05 Å². The van der Waals surface area contributed by atoms with E-state index in [4.69, 9.17) is 5.73 Å². The Balaban J connectivity index is 2.43. The molecule has 0 bridgehead atoms. The molecular weight excluding hydrogens is 234 g/mol. The summed E-state index contributed by atoms with van der Waals surface area (Å²) in [6.07, 6.45) is 0. The van der Waals surface area contributed by atoms with Gasteiger partial charge < -0.3 is 10.3 Å². The van der Waals surface area contributed by atoms with Crippen molar-refractivity contribution in [2.45, 2.75) is 39.7 Å². The van der Waals surface area contributed by atoms with E-state index >= 15 is 0 Å². The topological polar surface area (TPSA) is 43.8 Å². The zero-order chi connectivity index (χ0) is 14.2. The van der Waals surface area contributed by atoms with Gasteiger partial charge in [0.05, 0.1) is 12.2 Å². The summed E-state index contributed by atoms with van der Waals surface area (Å²) in [5.74, 6) is 0.924. The molecule has 0 aliphatic rings. The van der Waals surface area contributed by atoms with Gasteiger partial charge in [0.15, 0.2) is 0 Å². The minimum atomic E-state index is 0.181. The van der Waals surface area contributed by atoms with Crippen LogP contribution in [0.25, 0.3) is 11.3 Å². The lowest BCUT2D eigenvalue weighted by Crippen LogP contribution is -2.10. The van der Waals surface area contributed by atoms with E-state index in [1.54, 1.807) is 0 Å². The molecular formula is C16H23N3. The summed E-state index contributed by atoms with van der Waals surface area (Å²) in [7, 11) is 2.01. The maximum Gasteiger partial charge on any atom is 0.123 e. The minimum Gasteiger partial charge on any atom is -0.334 e. The molecule has 0 saturated carbocycles. The van der Waals surface area contributed by atoms with Crippen molar-refractivity contribution < 1.29 is 0 Å². The normalized spacial score (nSPS) is 11.9. The standard InChI is InChI=1S/C16H23N3/c1-11-15(18-14(10-17)19(11)5)12-6-8-13(9-7-12)16(2,3)4/h6-9H,10,17H2,1-5H3. The molecule has 1 aromatic heterocycles. The molecule has 102 valence electrons. The first-order valence-electron chi connectivity index (χ1n) is 6.67. The van der Waals surface area contributed by atoms with Crippen LogP contribution in [-0.4, -0.2) is 9.55 Å². The van der Waals surface area contributed by atoms with Crippen molar-refractivity contribution in [1.29, 1.82) is 0 Å². The van der Waals surface area contributed by atoms with Gasteiger partial charge in [-0.25, -0.2) is 4.98 Å². The first-order valence-corrected chi connectivity index (χ1v) is 6.67. The van der Waals surface area contributed by atoms with Gasteiger partial charge in [-0.1, -0.05) is 45.0 Å². The Kier molecular flexibility index (Phi) is 3.50. The lowest BCUT2D eigenvalue weighted by molar-refractivity contribution is 0.590. The summed E-state index contributed by atoms with van der Waals surface area (Å²) in [6.45, 7) is 9.22. The van der Waals surface area contributed by atoms with Crippen molar-refractivity contribution in [2.75, 3.05) is 0 Å². The van der Waals surface area contributed by atoms with E-state index in [-0.39, 0.29) is 5.41 Å². The highest BCUT2D eigenvalue weighted by molar-refractivity contribution is 5.62. The molecule has 0 unspecified atom stereocenters. The van der Waals surface area contributed by atoms with Crippen LogP contribution in [0, 0.1) is 6.92 Å². The Labute approximate surface area is 115 Å². The second-order valence-electron chi connectivity index (χ2n) is 6.05. The van der Waals surface area contributed by atoms with Gasteiger partial charge in [-0.3, -0.25) is 0 Å². The van der Waals surface area contributed by atoms with Gasteiger partial charge in [0.2, 0.25) is 0 Å². The Morgan fingerprint density at radius 2 is 1.74 bits per heavy atom. The molecule has 1 heterocycles. The molecule has 19 heavy (non-hydrogen) atoms. The van der Waals surface area contributed by atoms with Gasteiger partial charge in [-0.05, 0) is 17.9 Å². The Morgan fingerprint density at radius 1 is 1.16 bits per heavy atom. The van der Waals surface area contributed by atoms with Crippen LogP contribution < -0.4 is 5.73 Å². The number of benzene rings is 1. The van der Waals surface area contributed by atoms with Gasteiger partial charge in [0.25, 0.3) is 0 Å². The third-order valence-corrected chi connectivity index (χ3v) is 3.68. The lowest BCUT2D eigenvalue weighted by atomic mass is 9.86. The zero-order valence-corrected chi connectivity index (χ0v) is 12.5. The zero-order valence-electron chi connectivity index (χ0n) is 12.5. The fourth-order valence-electron chi connectivity index (χ4n) is 2.22. The van der Waals surface area contributed by atoms with Crippen LogP contribution >= 0.6 is 0 Å². The molecule has 2 N–H and O–H groups in total. The molecule has 0 fully saturated rings. The van der Waals surface area contributed by atoms with E-state index in [0.717, 1.165) is 22.8 Å². The second kappa shape index (κ2) is 4.82. The van der Waals surface area contributed by atoms with E-state index in [0.29, 0.717) is 6.54 Å².